The molecule has 24 heavy (non-hydrogen) atoms. The highest BCUT2D eigenvalue weighted by atomic mass is 32.2. The molecule has 138 valence electrons. The lowest BCUT2D eigenvalue weighted by Gasteiger charge is -2.53. The zero-order valence-electron chi connectivity index (χ0n) is 12.9. The fourth-order valence-electron chi connectivity index (χ4n) is 4.96. The second-order valence-corrected chi connectivity index (χ2v) is 8.36. The maximum atomic E-state index is 13.3. The Kier molecular flexibility index (Phi) is 4.70. The van der Waals surface area contributed by atoms with Crippen molar-refractivity contribution in [2.75, 3.05) is 6.61 Å². The Morgan fingerprint density at radius 2 is 1.54 bits per heavy atom. The molecule has 9 heteroatoms. The molecule has 1 atom stereocenters. The Balaban J connectivity index is 1.54. The van der Waals surface area contributed by atoms with Crippen molar-refractivity contribution >= 4 is 17.0 Å². The Hall–Kier alpha value is -0.700. The molecular formula is C15H20F4O4S. The van der Waals surface area contributed by atoms with Crippen molar-refractivity contribution in [3.63, 3.8) is 0 Å². The molecule has 1 N–H and O–H groups in total. The van der Waals surface area contributed by atoms with Crippen LogP contribution in [0.5, 0.6) is 0 Å². The van der Waals surface area contributed by atoms with Crippen LogP contribution in [0, 0.1) is 29.6 Å². The number of carbonyl (C=O) groups is 1. The highest BCUT2D eigenvalue weighted by Gasteiger charge is 2.61. The van der Waals surface area contributed by atoms with Gasteiger partial charge in [0.05, 0.1) is 18.9 Å². The van der Waals surface area contributed by atoms with E-state index in [2.05, 4.69) is 0 Å². The van der Waals surface area contributed by atoms with Gasteiger partial charge in [-0.15, -0.1) is 0 Å². The largest absolute Gasteiger partial charge is 0.465 e. The smallest absolute Gasteiger partial charge is 0.406 e. The van der Waals surface area contributed by atoms with E-state index in [9.17, 15) is 26.6 Å². The maximum absolute atomic E-state index is 13.3. The molecule has 0 heterocycles. The standard InChI is InChI=1S/C15H20F4O4S/c16-14(17,15(18,19)24(21)22)1-2-23-13(20)12-10-4-8-3-9(6-10)7-11(12)5-8/h8-12H,1-7H2,(H,21,22). The fraction of sp³-hybridized carbons (Fsp3) is 0.933. The number of carbonyl (C=O) groups excluding carboxylic acids is 1. The van der Waals surface area contributed by atoms with Gasteiger partial charge in [0.25, 0.3) is 0 Å². The molecule has 4 rings (SSSR count). The molecule has 0 aromatic carbocycles. The van der Waals surface area contributed by atoms with Gasteiger partial charge in [0.15, 0.2) is 0 Å². The first kappa shape index (κ1) is 18.1. The van der Waals surface area contributed by atoms with E-state index in [-0.39, 0.29) is 17.8 Å². The van der Waals surface area contributed by atoms with Crippen LogP contribution in [0.1, 0.15) is 38.5 Å². The van der Waals surface area contributed by atoms with E-state index in [4.69, 9.17) is 9.29 Å². The summed E-state index contributed by atoms with van der Waals surface area (Å²) in [4.78, 5) is 12.2. The third-order valence-electron chi connectivity index (χ3n) is 5.80. The van der Waals surface area contributed by atoms with E-state index in [1.807, 2.05) is 0 Å². The first-order valence-electron chi connectivity index (χ1n) is 8.15. The van der Waals surface area contributed by atoms with E-state index in [1.54, 1.807) is 0 Å². The van der Waals surface area contributed by atoms with Gasteiger partial charge in [0.2, 0.25) is 11.1 Å². The van der Waals surface area contributed by atoms with Crippen molar-refractivity contribution in [1.82, 2.24) is 0 Å². The van der Waals surface area contributed by atoms with Gasteiger partial charge in [0, 0.05) is 0 Å². The Morgan fingerprint density at radius 3 is 2.00 bits per heavy atom. The topological polar surface area (TPSA) is 63.6 Å². The van der Waals surface area contributed by atoms with Crippen LogP contribution in [0.25, 0.3) is 0 Å². The second-order valence-electron chi connectivity index (χ2n) is 7.34. The lowest BCUT2D eigenvalue weighted by Crippen LogP contribution is -2.49. The quantitative estimate of drug-likeness (QED) is 0.441. The molecular weight excluding hydrogens is 352 g/mol. The predicted molar refractivity (Wildman–Crippen MR) is 76.8 cm³/mol. The molecule has 4 aliphatic rings. The maximum Gasteiger partial charge on any atom is 0.406 e. The Bertz CT molecular complexity index is 512. The summed E-state index contributed by atoms with van der Waals surface area (Å²) in [5, 5.41) is -5.07. The lowest BCUT2D eigenvalue weighted by atomic mass is 9.52. The molecule has 0 aromatic rings. The van der Waals surface area contributed by atoms with Crippen LogP contribution in [-0.2, 0) is 20.6 Å². The van der Waals surface area contributed by atoms with Gasteiger partial charge >= 0.3 is 17.1 Å². The third-order valence-corrected chi connectivity index (χ3v) is 6.54. The molecule has 0 spiro atoms. The van der Waals surface area contributed by atoms with Gasteiger partial charge in [-0.3, -0.25) is 4.79 Å². The molecule has 4 bridgehead atoms. The van der Waals surface area contributed by atoms with Crippen molar-refractivity contribution in [2.45, 2.75) is 49.7 Å². The summed E-state index contributed by atoms with van der Waals surface area (Å²) in [6, 6.07) is 0. The molecule has 4 nitrogen and oxygen atoms in total. The van der Waals surface area contributed by atoms with Gasteiger partial charge in [0.1, 0.15) is 0 Å². The molecule has 0 aliphatic heterocycles. The average Bonchev–Trinajstić information content (AvgIpc) is 2.45. The van der Waals surface area contributed by atoms with Crippen molar-refractivity contribution in [3.8, 4) is 0 Å². The summed E-state index contributed by atoms with van der Waals surface area (Å²) in [6.45, 7) is -0.887. The van der Waals surface area contributed by atoms with Gasteiger partial charge in [-0.2, -0.15) is 17.6 Å². The van der Waals surface area contributed by atoms with E-state index in [0.29, 0.717) is 11.8 Å². The number of ether oxygens (including phenoxy) is 1. The van der Waals surface area contributed by atoms with Crippen molar-refractivity contribution in [3.05, 3.63) is 0 Å². The van der Waals surface area contributed by atoms with Crippen molar-refractivity contribution in [1.29, 1.82) is 0 Å². The normalized spacial score (nSPS) is 36.6. The number of rotatable bonds is 6. The molecule has 0 saturated heterocycles. The Labute approximate surface area is 139 Å². The zero-order chi connectivity index (χ0) is 17.7. The highest BCUT2D eigenvalue weighted by molar-refractivity contribution is 7.80. The van der Waals surface area contributed by atoms with E-state index in [0.717, 1.165) is 25.7 Å². The van der Waals surface area contributed by atoms with Gasteiger partial charge in [-0.25, -0.2) is 4.21 Å². The molecule has 4 aliphatic carbocycles. The van der Waals surface area contributed by atoms with Crippen molar-refractivity contribution in [2.24, 2.45) is 29.6 Å². The molecule has 4 fully saturated rings. The van der Waals surface area contributed by atoms with Crippen LogP contribution in [0.15, 0.2) is 0 Å². The SMILES string of the molecule is O=C(OCCC(F)(F)C(F)(F)S(=O)O)C1C2CC3CC(C2)CC1C3. The predicted octanol–water partition coefficient (Wildman–Crippen LogP) is 3.44. The van der Waals surface area contributed by atoms with E-state index in [1.165, 1.54) is 6.42 Å². The first-order chi connectivity index (χ1) is 11.1. The first-order valence-corrected chi connectivity index (χ1v) is 9.25. The second kappa shape index (κ2) is 6.23. The minimum absolute atomic E-state index is 0.209. The number of hydrogen-bond donors (Lipinski definition) is 1. The highest BCUT2D eigenvalue weighted by Crippen LogP contribution is 2.56. The number of esters is 1. The minimum Gasteiger partial charge on any atom is -0.465 e. The van der Waals surface area contributed by atoms with Crippen LogP contribution < -0.4 is 0 Å². The zero-order valence-corrected chi connectivity index (χ0v) is 13.7. The number of hydrogen-bond acceptors (Lipinski definition) is 3. The minimum atomic E-state index is -5.07. The molecule has 0 amide bonds. The lowest BCUT2D eigenvalue weighted by molar-refractivity contribution is -0.179. The molecule has 4 saturated carbocycles. The summed E-state index contributed by atoms with van der Waals surface area (Å²) < 4.78 is 76.2. The summed E-state index contributed by atoms with van der Waals surface area (Å²) in [7, 11) is 0. The summed E-state index contributed by atoms with van der Waals surface area (Å²) in [6.07, 6.45) is 3.52. The summed E-state index contributed by atoms with van der Waals surface area (Å²) in [5.41, 5.74) is 0. The van der Waals surface area contributed by atoms with Gasteiger partial charge in [-0.05, 0) is 55.8 Å². The van der Waals surface area contributed by atoms with Crippen LogP contribution in [-0.4, -0.2) is 32.5 Å². The van der Waals surface area contributed by atoms with Gasteiger partial charge < -0.3 is 9.29 Å². The fourth-order valence-corrected chi connectivity index (χ4v) is 5.32. The van der Waals surface area contributed by atoms with E-state index >= 15 is 0 Å². The number of halogens is 4. The molecule has 0 aromatic heterocycles. The van der Waals surface area contributed by atoms with E-state index < -0.39 is 41.3 Å². The van der Waals surface area contributed by atoms with Crippen LogP contribution >= 0.6 is 0 Å². The van der Waals surface area contributed by atoms with Gasteiger partial charge in [-0.1, -0.05) is 0 Å². The van der Waals surface area contributed by atoms with Crippen LogP contribution in [0.4, 0.5) is 17.6 Å². The monoisotopic (exact) mass is 372 g/mol. The molecule has 0 radical (unpaired) electrons. The summed E-state index contributed by atoms with van der Waals surface area (Å²) in [5.74, 6) is -3.93. The van der Waals surface area contributed by atoms with Crippen LogP contribution in [0.2, 0.25) is 0 Å². The van der Waals surface area contributed by atoms with Crippen LogP contribution in [0.3, 0.4) is 0 Å². The summed E-state index contributed by atoms with van der Waals surface area (Å²) >= 11 is -3.99. The Morgan fingerprint density at radius 1 is 1.04 bits per heavy atom. The number of alkyl halides is 4. The molecule has 1 unspecified atom stereocenters. The van der Waals surface area contributed by atoms with Crippen molar-refractivity contribution < 1.29 is 35.9 Å². The third kappa shape index (κ3) is 3.09. The average molecular weight is 372 g/mol.